The average Bonchev–Trinajstić information content (AvgIpc) is 2.92. The van der Waals surface area contributed by atoms with Gasteiger partial charge in [0.2, 0.25) is 0 Å². The summed E-state index contributed by atoms with van der Waals surface area (Å²) in [5, 5.41) is 5.65. The van der Waals surface area contributed by atoms with Gasteiger partial charge in [-0.25, -0.2) is 0 Å². The highest BCUT2D eigenvalue weighted by Crippen LogP contribution is 2.29. The molecule has 1 fully saturated rings. The molecular weight excluding hydrogens is 451 g/mol. The van der Waals surface area contributed by atoms with Gasteiger partial charge in [0.15, 0.2) is 16.6 Å². The average molecular weight is 466 g/mol. The zero-order valence-corrected chi connectivity index (χ0v) is 16.3. The number of nitrogens with one attached hydrogen (secondary N) is 2. The summed E-state index contributed by atoms with van der Waals surface area (Å²) >= 11 is 7.18. The minimum atomic E-state index is -0.247. The van der Waals surface area contributed by atoms with E-state index in [1.54, 1.807) is 13.2 Å². The van der Waals surface area contributed by atoms with Crippen molar-refractivity contribution in [1.29, 1.82) is 0 Å². The molecule has 0 saturated carbocycles. The summed E-state index contributed by atoms with van der Waals surface area (Å²) in [5.41, 5.74) is 2.29. The molecule has 1 heterocycles. The van der Waals surface area contributed by atoms with Crippen LogP contribution in [0.15, 0.2) is 48.2 Å². The van der Waals surface area contributed by atoms with Crippen LogP contribution in [0.2, 0.25) is 0 Å². The monoisotopic (exact) mass is 466 g/mol. The molecule has 5 nitrogen and oxygen atoms in total. The van der Waals surface area contributed by atoms with Crippen molar-refractivity contribution in [3.8, 4) is 11.5 Å². The summed E-state index contributed by atoms with van der Waals surface area (Å²) in [4.78, 5) is 11.7. The Hall–Kier alpha value is -2.13. The van der Waals surface area contributed by atoms with Crippen LogP contribution in [0.3, 0.4) is 0 Å². The largest absolute Gasteiger partial charge is 0.493 e. The molecule has 0 aromatic heterocycles. The van der Waals surface area contributed by atoms with E-state index in [1.807, 2.05) is 42.5 Å². The van der Waals surface area contributed by atoms with Crippen molar-refractivity contribution in [1.82, 2.24) is 10.6 Å². The van der Waals surface area contributed by atoms with Crippen LogP contribution < -0.4 is 20.1 Å². The van der Waals surface area contributed by atoms with E-state index in [9.17, 15) is 4.79 Å². The third-order valence-corrected chi connectivity index (χ3v) is 4.45. The number of hydrogen-bond donors (Lipinski definition) is 2. The van der Waals surface area contributed by atoms with E-state index in [0.717, 1.165) is 11.1 Å². The Morgan fingerprint density at radius 1 is 1.12 bits per heavy atom. The van der Waals surface area contributed by atoms with Gasteiger partial charge >= 0.3 is 0 Å². The highest BCUT2D eigenvalue weighted by Gasteiger charge is 2.20. The van der Waals surface area contributed by atoms with Crippen molar-refractivity contribution in [3.63, 3.8) is 0 Å². The highest BCUT2D eigenvalue weighted by molar-refractivity contribution is 14.1. The Labute approximate surface area is 164 Å². The van der Waals surface area contributed by atoms with Gasteiger partial charge in [-0.05, 0) is 76.3 Å². The first-order valence-corrected chi connectivity index (χ1v) is 8.93. The lowest BCUT2D eigenvalue weighted by Crippen LogP contribution is -2.21. The predicted molar refractivity (Wildman–Crippen MR) is 108 cm³/mol. The topological polar surface area (TPSA) is 59.6 Å². The van der Waals surface area contributed by atoms with Gasteiger partial charge < -0.3 is 14.8 Å². The quantitative estimate of drug-likeness (QED) is 0.403. The van der Waals surface area contributed by atoms with Crippen molar-refractivity contribution in [3.05, 3.63) is 62.9 Å². The summed E-state index contributed by atoms with van der Waals surface area (Å²) in [6.07, 6.45) is 1.71. The number of hydrogen-bond acceptors (Lipinski definition) is 4. The fourth-order valence-electron chi connectivity index (χ4n) is 2.28. The number of amides is 1. The third kappa shape index (κ3) is 4.49. The van der Waals surface area contributed by atoms with Crippen molar-refractivity contribution < 1.29 is 14.3 Å². The number of thiocarbonyl (C=S) groups is 1. The molecule has 0 bridgehead atoms. The summed E-state index contributed by atoms with van der Waals surface area (Å²) < 4.78 is 12.4. The Morgan fingerprint density at radius 3 is 2.52 bits per heavy atom. The zero-order chi connectivity index (χ0) is 17.8. The maximum Gasteiger partial charge on any atom is 0.273 e. The molecule has 25 heavy (non-hydrogen) atoms. The predicted octanol–water partition coefficient (Wildman–Crippen LogP) is 3.22. The molecule has 0 unspecified atom stereocenters. The van der Waals surface area contributed by atoms with Gasteiger partial charge in [-0.3, -0.25) is 10.1 Å². The molecule has 1 aliphatic rings. The number of carbonyl (C=O) groups is 1. The summed E-state index contributed by atoms with van der Waals surface area (Å²) in [6, 6.07) is 13.6. The van der Waals surface area contributed by atoms with Crippen molar-refractivity contribution in [2.45, 2.75) is 6.61 Å². The molecule has 1 saturated heterocycles. The SMILES string of the molecule is COc1cc(C=C2NC(=S)NC2=O)ccc1OCc1ccc(I)cc1. The standard InChI is InChI=1S/C18H15IN2O3S/c1-23-16-9-12(8-14-17(22)21-18(25)20-14)4-7-15(16)24-10-11-2-5-13(19)6-3-11/h2-9H,10H2,1H3,(H2,20,21,22,25). The number of methoxy groups -OCH3 is 1. The maximum atomic E-state index is 11.7. The molecule has 2 N–H and O–H groups in total. The van der Waals surface area contributed by atoms with Gasteiger partial charge in [0, 0.05) is 3.57 Å². The summed E-state index contributed by atoms with van der Waals surface area (Å²) in [6.45, 7) is 0.450. The molecule has 0 radical (unpaired) electrons. The number of carbonyl (C=O) groups excluding carboxylic acids is 1. The molecular formula is C18H15IN2O3S. The van der Waals surface area contributed by atoms with Gasteiger partial charge in [-0.15, -0.1) is 0 Å². The number of rotatable bonds is 5. The second-order valence-corrected chi connectivity index (χ2v) is 6.95. The summed E-state index contributed by atoms with van der Waals surface area (Å²) in [7, 11) is 1.58. The molecule has 0 spiro atoms. The van der Waals surface area contributed by atoms with Gasteiger partial charge in [-0.1, -0.05) is 18.2 Å². The van der Waals surface area contributed by atoms with E-state index < -0.39 is 0 Å². The Morgan fingerprint density at radius 2 is 1.88 bits per heavy atom. The first kappa shape index (κ1) is 17.7. The minimum absolute atomic E-state index is 0.247. The van der Waals surface area contributed by atoms with Crippen LogP contribution in [0.5, 0.6) is 11.5 Å². The van der Waals surface area contributed by atoms with E-state index in [4.69, 9.17) is 21.7 Å². The molecule has 0 aliphatic carbocycles. The minimum Gasteiger partial charge on any atom is -0.493 e. The lowest BCUT2D eigenvalue weighted by atomic mass is 10.1. The van der Waals surface area contributed by atoms with E-state index in [1.165, 1.54) is 3.57 Å². The molecule has 2 aromatic carbocycles. The van der Waals surface area contributed by atoms with Gasteiger partial charge in [0.25, 0.3) is 5.91 Å². The fraction of sp³-hybridized carbons (Fsp3) is 0.111. The van der Waals surface area contributed by atoms with Crippen LogP contribution in [-0.2, 0) is 11.4 Å². The van der Waals surface area contributed by atoms with Crippen LogP contribution in [0.1, 0.15) is 11.1 Å². The van der Waals surface area contributed by atoms with E-state index in [2.05, 4.69) is 33.2 Å². The van der Waals surface area contributed by atoms with Gasteiger partial charge in [0.05, 0.1) is 7.11 Å². The molecule has 2 aromatic rings. The smallest absolute Gasteiger partial charge is 0.273 e. The van der Waals surface area contributed by atoms with Crippen molar-refractivity contribution in [2.24, 2.45) is 0 Å². The zero-order valence-electron chi connectivity index (χ0n) is 13.3. The van der Waals surface area contributed by atoms with Crippen LogP contribution in [0.4, 0.5) is 0 Å². The van der Waals surface area contributed by atoms with E-state index >= 15 is 0 Å². The maximum absolute atomic E-state index is 11.7. The lowest BCUT2D eigenvalue weighted by molar-refractivity contribution is -0.115. The number of ether oxygens (including phenoxy) is 2. The third-order valence-electron chi connectivity index (χ3n) is 3.53. The van der Waals surface area contributed by atoms with E-state index in [-0.39, 0.29) is 5.91 Å². The lowest BCUT2D eigenvalue weighted by Gasteiger charge is -2.11. The van der Waals surface area contributed by atoms with Gasteiger partial charge in [-0.2, -0.15) is 0 Å². The van der Waals surface area contributed by atoms with Crippen LogP contribution in [0, 0.1) is 3.57 Å². The highest BCUT2D eigenvalue weighted by atomic mass is 127. The summed E-state index contributed by atoms with van der Waals surface area (Å²) in [5.74, 6) is 0.992. The first-order chi connectivity index (χ1) is 12.0. The van der Waals surface area contributed by atoms with Crippen LogP contribution in [-0.4, -0.2) is 18.1 Å². The second-order valence-electron chi connectivity index (χ2n) is 5.29. The number of benzene rings is 2. The Kier molecular flexibility index (Phi) is 5.54. The van der Waals surface area contributed by atoms with Crippen LogP contribution >= 0.6 is 34.8 Å². The van der Waals surface area contributed by atoms with Crippen LogP contribution in [0.25, 0.3) is 6.08 Å². The fourth-order valence-corrected chi connectivity index (χ4v) is 2.85. The van der Waals surface area contributed by atoms with Gasteiger partial charge in [0.1, 0.15) is 12.3 Å². The Balaban J connectivity index is 1.75. The second kappa shape index (κ2) is 7.83. The molecule has 7 heteroatoms. The van der Waals surface area contributed by atoms with E-state index in [0.29, 0.717) is 28.9 Å². The molecule has 1 amide bonds. The first-order valence-electron chi connectivity index (χ1n) is 7.44. The Bertz CT molecular complexity index is 850. The normalized spacial score (nSPS) is 15.0. The molecule has 3 rings (SSSR count). The molecule has 0 atom stereocenters. The molecule has 128 valence electrons. The molecule has 1 aliphatic heterocycles. The van der Waals surface area contributed by atoms with Crippen molar-refractivity contribution in [2.75, 3.05) is 7.11 Å². The number of halogens is 1. The van der Waals surface area contributed by atoms with Crippen molar-refractivity contribution >= 4 is 51.9 Å².